The lowest BCUT2D eigenvalue weighted by molar-refractivity contribution is -0.124. The van der Waals surface area contributed by atoms with Gasteiger partial charge in [0.2, 0.25) is 5.88 Å². The van der Waals surface area contributed by atoms with Gasteiger partial charge in [-0.25, -0.2) is 4.98 Å². The molecule has 2 heterocycles. The molecule has 132 valence electrons. The van der Waals surface area contributed by atoms with Crippen LogP contribution in [0.15, 0.2) is 48.7 Å². The zero-order valence-corrected chi connectivity index (χ0v) is 14.3. The topological polar surface area (TPSA) is 72.5 Å². The number of nitrogens with one attached hydrogen (secondary N) is 2. The fourth-order valence-corrected chi connectivity index (χ4v) is 2.77. The summed E-state index contributed by atoms with van der Waals surface area (Å²) in [6.45, 7) is 3.10. The Morgan fingerprint density at radius 2 is 2.04 bits per heavy atom. The number of carbonyl (C=O) groups excluding carboxylic acids is 1. The highest BCUT2D eigenvalue weighted by atomic mass is 16.5. The van der Waals surface area contributed by atoms with Gasteiger partial charge in [0.25, 0.3) is 5.91 Å². The molecular weight excluding hydrogens is 318 g/mol. The zero-order chi connectivity index (χ0) is 17.5. The number of hydrogen-bond acceptors (Lipinski definition) is 5. The van der Waals surface area contributed by atoms with Crippen molar-refractivity contribution in [3.05, 3.63) is 48.7 Å². The zero-order valence-electron chi connectivity index (χ0n) is 14.3. The molecule has 25 heavy (non-hydrogen) atoms. The fourth-order valence-electron chi connectivity index (χ4n) is 2.77. The van der Waals surface area contributed by atoms with E-state index < -0.39 is 0 Å². The Hall–Kier alpha value is -2.60. The summed E-state index contributed by atoms with van der Waals surface area (Å²) < 4.78 is 11.2. The van der Waals surface area contributed by atoms with Gasteiger partial charge in [0.15, 0.2) is 6.61 Å². The third-order valence-corrected chi connectivity index (χ3v) is 4.16. The molecule has 2 N–H and O–H groups in total. The third-order valence-electron chi connectivity index (χ3n) is 4.16. The average molecular weight is 341 g/mol. The summed E-state index contributed by atoms with van der Waals surface area (Å²) in [5.41, 5.74) is 0. The van der Waals surface area contributed by atoms with E-state index in [0.717, 1.165) is 19.4 Å². The van der Waals surface area contributed by atoms with Crippen molar-refractivity contribution in [2.75, 3.05) is 13.2 Å². The molecule has 1 aromatic carbocycles. The Morgan fingerprint density at radius 3 is 2.76 bits per heavy atom. The molecule has 1 aromatic heterocycles. The second-order valence-electron chi connectivity index (χ2n) is 6.09. The first-order chi connectivity index (χ1) is 12.2. The van der Waals surface area contributed by atoms with Crippen molar-refractivity contribution in [2.45, 2.75) is 31.8 Å². The van der Waals surface area contributed by atoms with Crippen LogP contribution in [0.4, 0.5) is 0 Å². The van der Waals surface area contributed by atoms with Gasteiger partial charge in [-0.15, -0.1) is 0 Å². The maximum Gasteiger partial charge on any atom is 0.258 e. The molecule has 6 heteroatoms. The minimum atomic E-state index is -0.102. The summed E-state index contributed by atoms with van der Waals surface area (Å²) in [4.78, 5) is 16.1. The molecule has 1 amide bonds. The van der Waals surface area contributed by atoms with Crippen LogP contribution in [0.5, 0.6) is 17.4 Å². The molecular formula is C19H23N3O3. The normalized spacial score (nSPS) is 19.9. The van der Waals surface area contributed by atoms with Crippen molar-refractivity contribution in [1.82, 2.24) is 15.6 Å². The van der Waals surface area contributed by atoms with Crippen molar-refractivity contribution >= 4 is 5.91 Å². The van der Waals surface area contributed by atoms with Crippen LogP contribution in [0.3, 0.4) is 0 Å². The summed E-state index contributed by atoms with van der Waals surface area (Å²) in [7, 11) is 0. The van der Waals surface area contributed by atoms with Crippen LogP contribution in [-0.2, 0) is 4.79 Å². The van der Waals surface area contributed by atoms with Crippen LogP contribution in [0.2, 0.25) is 0 Å². The predicted octanol–water partition coefficient (Wildman–Crippen LogP) is 2.51. The first kappa shape index (κ1) is 17.2. The van der Waals surface area contributed by atoms with E-state index in [-0.39, 0.29) is 18.6 Å². The van der Waals surface area contributed by atoms with E-state index in [1.807, 2.05) is 12.1 Å². The van der Waals surface area contributed by atoms with Crippen molar-refractivity contribution in [1.29, 1.82) is 0 Å². The molecule has 0 spiro atoms. The molecule has 2 aromatic rings. The average Bonchev–Trinajstić information content (AvgIpc) is 2.64. The van der Waals surface area contributed by atoms with E-state index >= 15 is 0 Å². The number of piperidine rings is 1. The lowest BCUT2D eigenvalue weighted by atomic mass is 10.00. The van der Waals surface area contributed by atoms with E-state index in [9.17, 15) is 4.79 Å². The molecule has 2 atom stereocenters. The van der Waals surface area contributed by atoms with Gasteiger partial charge in [0, 0.05) is 24.3 Å². The summed E-state index contributed by atoms with van der Waals surface area (Å²) in [6, 6.07) is 13.1. The summed E-state index contributed by atoms with van der Waals surface area (Å²) in [5.74, 6) is 1.72. The number of hydrogen-bond donors (Lipinski definition) is 2. The molecule has 1 aliphatic heterocycles. The summed E-state index contributed by atoms with van der Waals surface area (Å²) in [6.07, 6.45) is 3.75. The van der Waals surface area contributed by atoms with Crippen LogP contribution in [0.1, 0.15) is 19.8 Å². The standard InChI is InChI=1S/C19H23N3O3/c1-14-17(5-4-12-20-14)22-18(23)13-24-15-7-9-16(10-8-15)25-19-6-2-3-11-21-19/h2-3,6-11,14,17,20H,4-5,12-13H2,1H3,(H,22,23). The van der Waals surface area contributed by atoms with E-state index in [4.69, 9.17) is 9.47 Å². The Morgan fingerprint density at radius 1 is 1.24 bits per heavy atom. The van der Waals surface area contributed by atoms with E-state index in [1.165, 1.54) is 0 Å². The van der Waals surface area contributed by atoms with Gasteiger partial charge in [-0.1, -0.05) is 6.07 Å². The van der Waals surface area contributed by atoms with Crippen LogP contribution >= 0.6 is 0 Å². The van der Waals surface area contributed by atoms with Gasteiger partial charge in [0.05, 0.1) is 0 Å². The first-order valence-electron chi connectivity index (χ1n) is 8.55. The number of benzene rings is 1. The minimum absolute atomic E-state index is 0.00364. The smallest absolute Gasteiger partial charge is 0.258 e. The SMILES string of the molecule is CC1NCCCC1NC(=O)COc1ccc(Oc2ccccn2)cc1. The van der Waals surface area contributed by atoms with Gasteiger partial charge >= 0.3 is 0 Å². The highest BCUT2D eigenvalue weighted by Gasteiger charge is 2.22. The molecule has 3 rings (SSSR count). The Labute approximate surface area is 147 Å². The number of aromatic nitrogens is 1. The summed E-state index contributed by atoms with van der Waals surface area (Å²) >= 11 is 0. The monoisotopic (exact) mass is 341 g/mol. The number of carbonyl (C=O) groups is 1. The van der Waals surface area contributed by atoms with Crippen LogP contribution in [0.25, 0.3) is 0 Å². The molecule has 1 aliphatic rings. The number of rotatable bonds is 6. The molecule has 0 bridgehead atoms. The quantitative estimate of drug-likeness (QED) is 0.845. The Kier molecular flexibility index (Phi) is 5.85. The maximum atomic E-state index is 12.0. The van der Waals surface area contributed by atoms with Crippen molar-refractivity contribution in [3.63, 3.8) is 0 Å². The molecule has 0 radical (unpaired) electrons. The molecule has 0 saturated carbocycles. The van der Waals surface area contributed by atoms with Crippen molar-refractivity contribution < 1.29 is 14.3 Å². The number of nitrogens with zero attached hydrogens (tertiary/aromatic N) is 1. The first-order valence-corrected chi connectivity index (χ1v) is 8.55. The van der Waals surface area contributed by atoms with Crippen LogP contribution in [0, 0.1) is 0 Å². The van der Waals surface area contributed by atoms with Gasteiger partial charge in [-0.3, -0.25) is 4.79 Å². The van der Waals surface area contributed by atoms with Gasteiger partial charge in [-0.05, 0) is 56.6 Å². The number of amides is 1. The Balaban J connectivity index is 1.46. The minimum Gasteiger partial charge on any atom is -0.484 e. The van der Waals surface area contributed by atoms with Crippen LogP contribution in [-0.4, -0.2) is 36.1 Å². The maximum absolute atomic E-state index is 12.0. The van der Waals surface area contributed by atoms with E-state index in [1.54, 1.807) is 36.5 Å². The molecule has 2 unspecified atom stereocenters. The summed E-state index contributed by atoms with van der Waals surface area (Å²) in [5, 5.41) is 6.39. The largest absolute Gasteiger partial charge is 0.484 e. The second kappa shape index (κ2) is 8.48. The molecule has 6 nitrogen and oxygen atoms in total. The van der Waals surface area contributed by atoms with Crippen molar-refractivity contribution in [2.24, 2.45) is 0 Å². The Bertz CT molecular complexity index is 676. The van der Waals surface area contributed by atoms with Gasteiger partial charge in [-0.2, -0.15) is 0 Å². The van der Waals surface area contributed by atoms with Gasteiger partial charge < -0.3 is 20.1 Å². The lowest BCUT2D eigenvalue weighted by Gasteiger charge is -2.30. The van der Waals surface area contributed by atoms with Crippen LogP contribution < -0.4 is 20.1 Å². The predicted molar refractivity (Wildman–Crippen MR) is 94.9 cm³/mol. The molecule has 1 saturated heterocycles. The molecule has 0 aliphatic carbocycles. The fraction of sp³-hybridized carbons (Fsp3) is 0.368. The van der Waals surface area contributed by atoms with Gasteiger partial charge in [0.1, 0.15) is 11.5 Å². The van der Waals surface area contributed by atoms with Crippen molar-refractivity contribution in [3.8, 4) is 17.4 Å². The lowest BCUT2D eigenvalue weighted by Crippen LogP contribution is -2.52. The molecule has 1 fully saturated rings. The highest BCUT2D eigenvalue weighted by molar-refractivity contribution is 5.77. The number of ether oxygens (including phenoxy) is 2. The number of pyridine rings is 1. The second-order valence-corrected chi connectivity index (χ2v) is 6.09. The van der Waals surface area contributed by atoms with E-state index in [0.29, 0.717) is 23.4 Å². The van der Waals surface area contributed by atoms with E-state index in [2.05, 4.69) is 22.5 Å². The third kappa shape index (κ3) is 5.19. The highest BCUT2D eigenvalue weighted by Crippen LogP contribution is 2.22.